The van der Waals surface area contributed by atoms with Crippen LogP contribution in [-0.4, -0.2) is 29.9 Å². The van der Waals surface area contributed by atoms with E-state index in [1.807, 2.05) is 80.6 Å². The first-order chi connectivity index (χ1) is 18.4. The zero-order valence-corrected chi connectivity index (χ0v) is 22.3. The Morgan fingerprint density at radius 1 is 0.974 bits per heavy atom. The number of nitrogens with zero attached hydrogens (tertiary/aromatic N) is 1. The minimum Gasteiger partial charge on any atom is -0.344 e. The normalized spacial score (nSPS) is 15.0. The van der Waals surface area contributed by atoms with Gasteiger partial charge in [-0.3, -0.25) is 9.59 Å². The zero-order chi connectivity index (χ0) is 27.1. The second-order valence-corrected chi connectivity index (χ2v) is 9.90. The topological polar surface area (TPSA) is 90.5 Å². The number of carbonyl (C=O) groups excluding carboxylic acids is 3. The molecule has 0 aromatic heterocycles. The van der Waals surface area contributed by atoms with Crippen LogP contribution in [0.1, 0.15) is 50.3 Å². The van der Waals surface area contributed by atoms with Crippen molar-refractivity contribution in [2.45, 2.75) is 65.2 Å². The van der Waals surface area contributed by atoms with Crippen molar-refractivity contribution in [3.8, 4) is 11.1 Å². The molecule has 1 aliphatic heterocycles. The number of amides is 4. The van der Waals surface area contributed by atoms with Gasteiger partial charge in [-0.25, -0.2) is 4.79 Å². The third kappa shape index (κ3) is 6.59. The first kappa shape index (κ1) is 26.9. The minimum absolute atomic E-state index is 0.0685. The van der Waals surface area contributed by atoms with E-state index in [-0.39, 0.29) is 23.9 Å². The van der Waals surface area contributed by atoms with Crippen LogP contribution >= 0.6 is 0 Å². The van der Waals surface area contributed by atoms with Crippen molar-refractivity contribution in [1.82, 2.24) is 16.0 Å². The van der Waals surface area contributed by atoms with Gasteiger partial charge in [0.15, 0.2) is 0 Å². The Balaban J connectivity index is 1.54. The van der Waals surface area contributed by atoms with Crippen LogP contribution in [0.3, 0.4) is 0 Å². The predicted molar refractivity (Wildman–Crippen MR) is 151 cm³/mol. The molecule has 0 fully saturated rings. The van der Waals surface area contributed by atoms with E-state index in [0.717, 1.165) is 39.9 Å². The summed E-state index contributed by atoms with van der Waals surface area (Å²) < 4.78 is 0. The number of carbonyl (C=O) groups is 3. The Labute approximate surface area is 224 Å². The molecule has 3 N–H and O–H groups in total. The van der Waals surface area contributed by atoms with Crippen molar-refractivity contribution in [2.24, 2.45) is 0 Å². The van der Waals surface area contributed by atoms with Gasteiger partial charge in [0, 0.05) is 24.7 Å². The second-order valence-electron chi connectivity index (χ2n) is 9.90. The molecule has 3 aromatic carbocycles. The molecule has 3 aromatic rings. The summed E-state index contributed by atoms with van der Waals surface area (Å²) in [4.78, 5) is 39.5. The predicted octanol–water partition coefficient (Wildman–Crippen LogP) is 4.94. The molecule has 0 unspecified atom stereocenters. The summed E-state index contributed by atoms with van der Waals surface area (Å²) in [6.45, 7) is 6.47. The number of hydrogen-bond acceptors (Lipinski definition) is 3. The van der Waals surface area contributed by atoms with Crippen molar-refractivity contribution in [3.63, 3.8) is 0 Å². The fourth-order valence-electron chi connectivity index (χ4n) is 4.73. The van der Waals surface area contributed by atoms with Crippen molar-refractivity contribution in [2.75, 3.05) is 4.90 Å². The van der Waals surface area contributed by atoms with Gasteiger partial charge in [0.05, 0.1) is 6.54 Å². The monoisotopic (exact) mass is 512 g/mol. The molecule has 0 radical (unpaired) electrons. The number of aryl methyl sites for hydroxylation is 1. The van der Waals surface area contributed by atoms with Gasteiger partial charge >= 0.3 is 6.03 Å². The molecule has 0 aliphatic carbocycles. The lowest BCUT2D eigenvalue weighted by Gasteiger charge is -2.26. The summed E-state index contributed by atoms with van der Waals surface area (Å²) >= 11 is 0. The van der Waals surface area contributed by atoms with E-state index in [0.29, 0.717) is 25.9 Å². The smallest absolute Gasteiger partial charge is 0.315 e. The first-order valence-electron chi connectivity index (χ1n) is 13.3. The highest BCUT2D eigenvalue weighted by Crippen LogP contribution is 2.30. The largest absolute Gasteiger partial charge is 0.344 e. The highest BCUT2D eigenvalue weighted by molar-refractivity contribution is 6.00. The summed E-state index contributed by atoms with van der Waals surface area (Å²) in [6, 6.07) is 23.5. The molecule has 198 valence electrons. The number of urea groups is 1. The molecule has 7 nitrogen and oxygen atoms in total. The van der Waals surface area contributed by atoms with E-state index in [1.54, 1.807) is 11.8 Å². The Bertz CT molecular complexity index is 1290. The van der Waals surface area contributed by atoms with E-state index in [2.05, 4.69) is 22.0 Å². The van der Waals surface area contributed by atoms with Crippen LogP contribution in [-0.2, 0) is 29.1 Å². The summed E-state index contributed by atoms with van der Waals surface area (Å²) in [5, 5.41) is 8.68. The Hall–Kier alpha value is -4.13. The molecule has 1 heterocycles. The maximum absolute atomic E-state index is 13.6. The number of anilines is 1. The number of nitrogens with one attached hydrogen (secondary N) is 3. The van der Waals surface area contributed by atoms with Crippen LogP contribution in [0.15, 0.2) is 72.8 Å². The zero-order valence-electron chi connectivity index (χ0n) is 22.3. The minimum atomic E-state index is -0.540. The lowest BCUT2D eigenvalue weighted by Crippen LogP contribution is -2.47. The molecule has 38 heavy (non-hydrogen) atoms. The van der Waals surface area contributed by atoms with Gasteiger partial charge in [0.2, 0.25) is 11.8 Å². The van der Waals surface area contributed by atoms with Crippen LogP contribution in [0.5, 0.6) is 0 Å². The van der Waals surface area contributed by atoms with Crippen LogP contribution in [0.4, 0.5) is 10.5 Å². The summed E-state index contributed by atoms with van der Waals surface area (Å²) in [5.74, 6) is -0.203. The molecule has 0 saturated carbocycles. The van der Waals surface area contributed by atoms with E-state index >= 15 is 0 Å². The number of rotatable bonds is 8. The number of para-hydroxylation sites is 1. The molecule has 7 heteroatoms. The van der Waals surface area contributed by atoms with Crippen molar-refractivity contribution >= 4 is 23.5 Å². The Morgan fingerprint density at radius 2 is 1.68 bits per heavy atom. The van der Waals surface area contributed by atoms with Gasteiger partial charge in [-0.05, 0) is 60.6 Å². The molecule has 4 amide bonds. The number of hydrogen-bond donors (Lipinski definition) is 3. The lowest BCUT2D eigenvalue weighted by atomic mass is 9.98. The quantitative estimate of drug-likeness (QED) is 0.400. The van der Waals surface area contributed by atoms with Crippen LogP contribution in [0, 0.1) is 0 Å². The van der Waals surface area contributed by atoms with Gasteiger partial charge in [0.1, 0.15) is 6.04 Å². The molecule has 0 bridgehead atoms. The van der Waals surface area contributed by atoms with Crippen LogP contribution in [0.25, 0.3) is 11.1 Å². The molecule has 0 spiro atoms. The van der Waals surface area contributed by atoms with E-state index in [9.17, 15) is 14.4 Å². The third-order valence-electron chi connectivity index (χ3n) is 6.69. The average Bonchev–Trinajstić information content (AvgIpc) is 3.04. The van der Waals surface area contributed by atoms with Crippen LogP contribution in [0.2, 0.25) is 0 Å². The maximum atomic E-state index is 13.6. The van der Waals surface area contributed by atoms with E-state index < -0.39 is 6.04 Å². The molecule has 0 saturated heterocycles. The molecule has 4 rings (SSSR count). The van der Waals surface area contributed by atoms with Crippen LogP contribution < -0.4 is 20.9 Å². The molecular weight excluding hydrogens is 476 g/mol. The highest BCUT2D eigenvalue weighted by Gasteiger charge is 2.31. The average molecular weight is 513 g/mol. The maximum Gasteiger partial charge on any atom is 0.315 e. The fourth-order valence-corrected chi connectivity index (χ4v) is 4.73. The Morgan fingerprint density at radius 3 is 2.42 bits per heavy atom. The summed E-state index contributed by atoms with van der Waals surface area (Å²) in [7, 11) is 0. The Kier molecular flexibility index (Phi) is 8.79. The molecular formula is C31H36N4O3. The fraction of sp³-hybridized carbons (Fsp3) is 0.323. The third-order valence-corrected chi connectivity index (χ3v) is 6.69. The standard InChI is InChI=1S/C31H36N4O3/c1-4-29(36)34-27-18-17-24-9-6-8-12-28(24)35(30(27)37)20-22-13-15-23(16-14-22)26-11-7-5-10-25(26)19-32-31(38)33-21(2)3/h5-16,21,27H,4,17-20H2,1-3H3,(H,34,36)(H2,32,33,38)/t27-/m1/s1. The molecule has 1 atom stereocenters. The van der Waals surface area contributed by atoms with Gasteiger partial charge in [-0.1, -0.05) is 73.7 Å². The van der Waals surface area contributed by atoms with Gasteiger partial charge in [0.25, 0.3) is 0 Å². The van der Waals surface area contributed by atoms with Gasteiger partial charge in [-0.2, -0.15) is 0 Å². The van der Waals surface area contributed by atoms with E-state index in [1.165, 1.54) is 0 Å². The van der Waals surface area contributed by atoms with Gasteiger partial charge < -0.3 is 20.9 Å². The SMILES string of the molecule is CCC(=O)N[C@@H]1CCc2ccccc2N(Cc2ccc(-c3ccccc3CNC(=O)NC(C)C)cc2)C1=O. The van der Waals surface area contributed by atoms with Crippen molar-refractivity contribution < 1.29 is 14.4 Å². The van der Waals surface area contributed by atoms with E-state index in [4.69, 9.17) is 0 Å². The van der Waals surface area contributed by atoms with Gasteiger partial charge in [-0.15, -0.1) is 0 Å². The first-order valence-corrected chi connectivity index (χ1v) is 13.3. The van der Waals surface area contributed by atoms with Crippen molar-refractivity contribution in [3.05, 3.63) is 89.5 Å². The van der Waals surface area contributed by atoms with Crippen molar-refractivity contribution in [1.29, 1.82) is 0 Å². The summed E-state index contributed by atoms with van der Waals surface area (Å²) in [6.07, 6.45) is 1.65. The number of benzene rings is 3. The summed E-state index contributed by atoms with van der Waals surface area (Å²) in [5.41, 5.74) is 6.09. The highest BCUT2D eigenvalue weighted by atomic mass is 16.2. The number of fused-ring (bicyclic) bond motifs is 1. The second kappa shape index (κ2) is 12.4. The lowest BCUT2D eigenvalue weighted by molar-refractivity contribution is -0.127. The molecule has 1 aliphatic rings.